The van der Waals surface area contributed by atoms with Crippen molar-refractivity contribution in [2.45, 2.75) is 39.3 Å². The number of aromatic nitrogens is 2. The van der Waals surface area contributed by atoms with Crippen molar-refractivity contribution in [3.05, 3.63) is 141 Å². The van der Waals surface area contributed by atoms with Crippen LogP contribution in [0.3, 0.4) is 0 Å². The first-order chi connectivity index (χ1) is 21.4. The number of nitrogens with zero attached hydrogens (tertiary/aromatic N) is 2. The molecule has 2 aliphatic rings. The molecule has 0 aliphatic heterocycles. The highest BCUT2D eigenvalue weighted by atomic mass is 19.4. The van der Waals surface area contributed by atoms with E-state index < -0.39 is 47.1 Å². The van der Waals surface area contributed by atoms with Crippen molar-refractivity contribution >= 4 is 23.1 Å². The van der Waals surface area contributed by atoms with Gasteiger partial charge < -0.3 is 0 Å². The van der Waals surface area contributed by atoms with Crippen molar-refractivity contribution < 1.29 is 32.3 Å². The Balaban J connectivity index is 1.37. The van der Waals surface area contributed by atoms with E-state index in [0.29, 0.717) is 11.3 Å². The van der Waals surface area contributed by atoms with Crippen LogP contribution in [-0.4, -0.2) is 33.1 Å². The van der Waals surface area contributed by atoms with E-state index >= 15 is 0 Å². The van der Waals surface area contributed by atoms with Crippen LogP contribution in [0.4, 0.5) is 13.2 Å². The predicted molar refractivity (Wildman–Crippen MR) is 160 cm³/mol. The van der Waals surface area contributed by atoms with Gasteiger partial charge in [0.15, 0.2) is 23.1 Å². The first kappa shape index (κ1) is 29.7. The molecule has 1 atom stereocenters. The fourth-order valence-electron chi connectivity index (χ4n) is 6.02. The summed E-state index contributed by atoms with van der Waals surface area (Å²) in [6.45, 7) is 4.79. The molecule has 4 aromatic rings. The highest BCUT2D eigenvalue weighted by molar-refractivity contribution is 6.28. The molecule has 0 amide bonds. The normalized spacial score (nSPS) is 15.8. The Morgan fingerprint density at radius 1 is 0.689 bits per heavy atom. The smallest absolute Gasteiger partial charge is 0.289 e. The third kappa shape index (κ3) is 5.04. The first-order valence-electron chi connectivity index (χ1n) is 14.2. The summed E-state index contributed by atoms with van der Waals surface area (Å²) in [5.41, 5.74) is 0.731. The van der Waals surface area contributed by atoms with Crippen LogP contribution >= 0.6 is 0 Å². The van der Waals surface area contributed by atoms with Gasteiger partial charge >= 0.3 is 6.18 Å². The number of benzene rings is 2. The van der Waals surface area contributed by atoms with E-state index in [-0.39, 0.29) is 55.9 Å². The summed E-state index contributed by atoms with van der Waals surface area (Å²) in [4.78, 5) is 61.6. The lowest BCUT2D eigenvalue weighted by Gasteiger charge is -2.24. The van der Waals surface area contributed by atoms with E-state index in [1.807, 2.05) is 0 Å². The van der Waals surface area contributed by atoms with E-state index in [2.05, 4.69) is 9.97 Å². The second-order valence-electron chi connectivity index (χ2n) is 11.1. The molecule has 0 saturated heterocycles. The van der Waals surface area contributed by atoms with Crippen molar-refractivity contribution in [3.63, 3.8) is 0 Å². The van der Waals surface area contributed by atoms with Gasteiger partial charge in [0.05, 0.1) is 11.3 Å². The minimum absolute atomic E-state index is 0.0414. The second-order valence-corrected chi connectivity index (χ2v) is 11.1. The minimum Gasteiger partial charge on any atom is -0.289 e. The van der Waals surface area contributed by atoms with Crippen LogP contribution in [0.15, 0.2) is 101 Å². The summed E-state index contributed by atoms with van der Waals surface area (Å²) in [6, 6.07) is 16.8. The SMILES string of the molecule is CC1=C(Cc2ncc(-c3ccc4c(c3)C(=O)C(C)=C(C(C)c3ccccn3)C4=O)cc2C(F)(F)F)C(=O)c2ccccc2C1=O. The molecule has 2 aromatic carbocycles. The molecule has 0 N–H and O–H groups in total. The van der Waals surface area contributed by atoms with Gasteiger partial charge in [-0.2, -0.15) is 13.2 Å². The van der Waals surface area contributed by atoms with Crippen molar-refractivity contribution in [1.29, 1.82) is 0 Å². The average molecular weight is 607 g/mol. The number of hydrogen-bond donors (Lipinski definition) is 0. The second kappa shape index (κ2) is 11.0. The van der Waals surface area contributed by atoms with Crippen molar-refractivity contribution in [3.8, 4) is 11.1 Å². The van der Waals surface area contributed by atoms with E-state index in [1.165, 1.54) is 43.5 Å². The Labute approximate surface area is 256 Å². The molecule has 6 rings (SSSR count). The van der Waals surface area contributed by atoms with Crippen LogP contribution in [0.1, 0.15) is 85.1 Å². The molecule has 0 spiro atoms. The highest BCUT2D eigenvalue weighted by Gasteiger charge is 2.38. The van der Waals surface area contributed by atoms with Crippen LogP contribution < -0.4 is 0 Å². The fourth-order valence-corrected chi connectivity index (χ4v) is 6.02. The number of hydrogen-bond acceptors (Lipinski definition) is 6. The van der Waals surface area contributed by atoms with E-state index in [4.69, 9.17) is 0 Å². The van der Waals surface area contributed by atoms with Gasteiger partial charge in [-0.1, -0.05) is 43.3 Å². The Hall–Kier alpha value is -5.31. The third-order valence-corrected chi connectivity index (χ3v) is 8.50. The Bertz CT molecular complexity index is 2020. The molecule has 224 valence electrons. The lowest BCUT2D eigenvalue weighted by atomic mass is 9.78. The number of alkyl halides is 3. The number of halogens is 3. The fraction of sp³-hybridized carbons (Fsp3) is 0.167. The molecule has 0 radical (unpaired) electrons. The van der Waals surface area contributed by atoms with Crippen molar-refractivity contribution in [2.24, 2.45) is 0 Å². The molecule has 0 bridgehead atoms. The standard InChI is InChI=1S/C36H25F3N2O4/c1-18-26(34(44)24-9-5-4-8-23(24)32(18)42)16-30-28(36(37,38)39)15-22(17-41-30)21-11-12-25-27(14-21)33(43)20(3)31(35(25)45)19(2)29-10-6-7-13-40-29/h4-15,17,19H,16H2,1-3H3. The monoisotopic (exact) mass is 606 g/mol. The van der Waals surface area contributed by atoms with Gasteiger partial charge in [-0.05, 0) is 49.7 Å². The summed E-state index contributed by atoms with van der Waals surface area (Å²) in [5, 5.41) is 0. The Morgan fingerprint density at radius 3 is 2.00 bits per heavy atom. The van der Waals surface area contributed by atoms with Crippen molar-refractivity contribution in [2.75, 3.05) is 0 Å². The molecular formula is C36H25F3N2O4. The van der Waals surface area contributed by atoms with E-state index in [1.54, 1.807) is 50.4 Å². The molecule has 2 aliphatic carbocycles. The maximum atomic E-state index is 14.4. The number of carbonyl (C=O) groups excluding carboxylic acids is 4. The van der Waals surface area contributed by atoms with Gasteiger partial charge in [-0.15, -0.1) is 0 Å². The van der Waals surface area contributed by atoms with E-state index in [9.17, 15) is 32.3 Å². The Morgan fingerprint density at radius 2 is 1.33 bits per heavy atom. The zero-order valence-electron chi connectivity index (χ0n) is 24.5. The topological polar surface area (TPSA) is 94.1 Å². The average Bonchev–Trinajstić information content (AvgIpc) is 3.04. The lowest BCUT2D eigenvalue weighted by molar-refractivity contribution is -0.138. The van der Waals surface area contributed by atoms with Crippen LogP contribution in [0.25, 0.3) is 11.1 Å². The zero-order valence-corrected chi connectivity index (χ0v) is 24.5. The van der Waals surface area contributed by atoms with Crippen LogP contribution in [-0.2, 0) is 12.6 Å². The van der Waals surface area contributed by atoms with Crippen LogP contribution in [0.2, 0.25) is 0 Å². The number of pyridine rings is 2. The molecule has 9 heteroatoms. The van der Waals surface area contributed by atoms with E-state index in [0.717, 1.165) is 6.07 Å². The molecule has 0 fully saturated rings. The molecule has 2 heterocycles. The third-order valence-electron chi connectivity index (χ3n) is 8.50. The summed E-state index contributed by atoms with van der Waals surface area (Å²) in [6.07, 6.45) is -2.48. The maximum absolute atomic E-state index is 14.4. The van der Waals surface area contributed by atoms with Gasteiger partial charge in [-0.3, -0.25) is 29.1 Å². The number of carbonyl (C=O) groups is 4. The number of ketones is 4. The molecule has 6 nitrogen and oxygen atoms in total. The number of fused-ring (bicyclic) bond motifs is 2. The van der Waals surface area contributed by atoms with Gasteiger partial charge in [0, 0.05) is 80.5 Å². The minimum atomic E-state index is -4.83. The summed E-state index contributed by atoms with van der Waals surface area (Å²) < 4.78 is 43.2. The Kier molecular flexibility index (Phi) is 7.27. The molecule has 2 aromatic heterocycles. The largest absolute Gasteiger partial charge is 0.418 e. The van der Waals surface area contributed by atoms with Gasteiger partial charge in [0.2, 0.25) is 0 Å². The van der Waals surface area contributed by atoms with Gasteiger partial charge in [0.25, 0.3) is 0 Å². The summed E-state index contributed by atoms with van der Waals surface area (Å²) >= 11 is 0. The molecule has 0 saturated carbocycles. The van der Waals surface area contributed by atoms with Crippen molar-refractivity contribution in [1.82, 2.24) is 9.97 Å². The number of rotatable bonds is 5. The van der Waals surface area contributed by atoms with Gasteiger partial charge in [-0.25, -0.2) is 0 Å². The predicted octanol–water partition coefficient (Wildman–Crippen LogP) is 7.60. The number of allylic oxidation sites excluding steroid dienone is 4. The van der Waals surface area contributed by atoms with Gasteiger partial charge in [0.1, 0.15) is 0 Å². The molecule has 45 heavy (non-hydrogen) atoms. The first-order valence-corrected chi connectivity index (χ1v) is 14.2. The highest BCUT2D eigenvalue weighted by Crippen LogP contribution is 2.39. The molecule has 1 unspecified atom stereocenters. The number of Topliss-reactive ketones (excluding diaryl/α,β-unsaturated/α-hetero) is 4. The zero-order chi connectivity index (χ0) is 32.2. The summed E-state index contributed by atoms with van der Waals surface area (Å²) in [5.74, 6) is -2.11. The molecular weight excluding hydrogens is 581 g/mol. The van der Waals surface area contributed by atoms with Crippen LogP contribution in [0.5, 0.6) is 0 Å². The van der Waals surface area contributed by atoms with Crippen LogP contribution in [0, 0.1) is 0 Å². The summed E-state index contributed by atoms with van der Waals surface area (Å²) in [7, 11) is 0. The quantitative estimate of drug-likeness (QED) is 0.232. The maximum Gasteiger partial charge on any atom is 0.418 e. The lowest BCUT2D eigenvalue weighted by Crippen LogP contribution is -2.24.